The number of nitrogens with zero attached hydrogens (tertiary/aromatic N) is 5. The van der Waals surface area contributed by atoms with Crippen LogP contribution in [0.4, 0.5) is 9.18 Å². The number of amides is 1. The summed E-state index contributed by atoms with van der Waals surface area (Å²) in [6.07, 6.45) is 3.39. The molecule has 0 unspecified atom stereocenters. The first-order valence-electron chi connectivity index (χ1n) is 11.3. The lowest BCUT2D eigenvalue weighted by atomic mass is 9.94. The fraction of sp³-hybridized carbons (Fsp3) is 0.500. The third-order valence-electron chi connectivity index (χ3n) is 6.56. The summed E-state index contributed by atoms with van der Waals surface area (Å²) in [6.45, 7) is 8.73. The SMILES string of the molecule is Cc1nc2n(C[C@H]3C[C@H]4C[C@@H]3CN4C(=O)OC(C)(C)C)cc(-c3ccc(F)cc3)c(=O)n2n1. The van der Waals surface area contributed by atoms with Gasteiger partial charge in [0.15, 0.2) is 0 Å². The largest absolute Gasteiger partial charge is 0.444 e. The molecule has 1 aromatic carbocycles. The zero-order chi connectivity index (χ0) is 23.5. The number of fused-ring (bicyclic) bond motifs is 3. The van der Waals surface area contributed by atoms with E-state index in [2.05, 4.69) is 10.1 Å². The van der Waals surface area contributed by atoms with Crippen LogP contribution in [0.25, 0.3) is 16.9 Å². The summed E-state index contributed by atoms with van der Waals surface area (Å²) < 4.78 is 22.3. The van der Waals surface area contributed by atoms with Crippen molar-refractivity contribution in [1.82, 2.24) is 24.1 Å². The van der Waals surface area contributed by atoms with Crippen LogP contribution in [0.3, 0.4) is 0 Å². The van der Waals surface area contributed by atoms with Crippen molar-refractivity contribution in [3.63, 3.8) is 0 Å². The normalized spacial score (nSPS) is 22.3. The molecule has 1 saturated heterocycles. The lowest BCUT2D eigenvalue weighted by Gasteiger charge is -2.33. The molecule has 2 fully saturated rings. The van der Waals surface area contributed by atoms with Gasteiger partial charge in [-0.15, -0.1) is 5.10 Å². The van der Waals surface area contributed by atoms with Gasteiger partial charge in [0, 0.05) is 25.3 Å². The average molecular weight is 454 g/mol. The maximum Gasteiger partial charge on any atom is 0.410 e. The molecule has 2 bridgehead atoms. The quantitative estimate of drug-likeness (QED) is 0.605. The zero-order valence-electron chi connectivity index (χ0n) is 19.3. The van der Waals surface area contributed by atoms with E-state index >= 15 is 0 Å². The van der Waals surface area contributed by atoms with Crippen molar-refractivity contribution in [2.75, 3.05) is 6.54 Å². The van der Waals surface area contributed by atoms with E-state index in [-0.39, 0.29) is 23.5 Å². The fourth-order valence-corrected chi connectivity index (χ4v) is 5.15. The van der Waals surface area contributed by atoms with Gasteiger partial charge in [0.25, 0.3) is 5.56 Å². The summed E-state index contributed by atoms with van der Waals surface area (Å²) in [5, 5.41) is 4.30. The van der Waals surface area contributed by atoms with Crippen molar-refractivity contribution in [2.45, 2.75) is 58.7 Å². The molecule has 1 aliphatic heterocycles. The Bertz CT molecular complexity index is 1270. The van der Waals surface area contributed by atoms with E-state index < -0.39 is 5.60 Å². The predicted octanol–water partition coefficient (Wildman–Crippen LogP) is 3.65. The van der Waals surface area contributed by atoms with E-state index in [0.29, 0.717) is 47.7 Å². The number of hydrogen-bond donors (Lipinski definition) is 0. The van der Waals surface area contributed by atoms with Gasteiger partial charge in [-0.3, -0.25) is 4.79 Å². The van der Waals surface area contributed by atoms with Gasteiger partial charge < -0.3 is 14.2 Å². The van der Waals surface area contributed by atoms with Crippen LogP contribution in [0, 0.1) is 24.6 Å². The second-order valence-corrected chi connectivity index (χ2v) is 10.2. The van der Waals surface area contributed by atoms with Gasteiger partial charge in [-0.05, 0) is 70.1 Å². The Balaban J connectivity index is 1.42. The molecule has 3 heterocycles. The first kappa shape index (κ1) is 21.6. The minimum Gasteiger partial charge on any atom is -0.444 e. The number of rotatable bonds is 3. The predicted molar refractivity (Wildman–Crippen MR) is 120 cm³/mol. The number of carbonyl (C=O) groups excluding carboxylic acids is 1. The molecule has 1 saturated carbocycles. The van der Waals surface area contributed by atoms with E-state index in [1.807, 2.05) is 30.2 Å². The molecule has 0 spiro atoms. The first-order chi connectivity index (χ1) is 15.6. The molecule has 2 aliphatic rings. The van der Waals surface area contributed by atoms with Crippen LogP contribution < -0.4 is 5.56 Å². The number of likely N-dealkylation sites (tertiary alicyclic amines) is 1. The Hall–Kier alpha value is -3.23. The number of carbonyl (C=O) groups is 1. The summed E-state index contributed by atoms with van der Waals surface area (Å²) >= 11 is 0. The zero-order valence-corrected chi connectivity index (χ0v) is 19.3. The molecular weight excluding hydrogens is 425 g/mol. The van der Waals surface area contributed by atoms with Crippen LogP contribution in [0.15, 0.2) is 35.3 Å². The molecule has 3 atom stereocenters. The lowest BCUT2D eigenvalue weighted by molar-refractivity contribution is 0.0156. The highest BCUT2D eigenvalue weighted by molar-refractivity contribution is 5.69. The molecule has 33 heavy (non-hydrogen) atoms. The Kier molecular flexibility index (Phi) is 5.02. The Labute approximate surface area is 191 Å². The number of aromatic nitrogens is 4. The molecule has 1 amide bonds. The van der Waals surface area contributed by atoms with Crippen LogP contribution in [0.1, 0.15) is 39.4 Å². The van der Waals surface area contributed by atoms with Crippen molar-refractivity contribution in [1.29, 1.82) is 0 Å². The fourth-order valence-electron chi connectivity index (χ4n) is 5.15. The smallest absolute Gasteiger partial charge is 0.410 e. The highest BCUT2D eigenvalue weighted by Gasteiger charge is 2.47. The van der Waals surface area contributed by atoms with Gasteiger partial charge in [-0.2, -0.15) is 9.50 Å². The minimum absolute atomic E-state index is 0.168. The van der Waals surface area contributed by atoms with Crippen LogP contribution in [-0.4, -0.2) is 48.3 Å². The average Bonchev–Trinajstić information content (AvgIpc) is 3.43. The number of hydrogen-bond acceptors (Lipinski definition) is 5. The molecule has 9 heteroatoms. The topological polar surface area (TPSA) is 81.7 Å². The van der Waals surface area contributed by atoms with Crippen molar-refractivity contribution in [3.8, 4) is 11.1 Å². The second-order valence-electron chi connectivity index (χ2n) is 10.2. The van der Waals surface area contributed by atoms with Crippen LogP contribution in [0.2, 0.25) is 0 Å². The van der Waals surface area contributed by atoms with Gasteiger partial charge in [-0.1, -0.05) is 12.1 Å². The van der Waals surface area contributed by atoms with Crippen LogP contribution >= 0.6 is 0 Å². The Morgan fingerprint density at radius 1 is 1.21 bits per heavy atom. The number of ether oxygens (including phenoxy) is 1. The standard InChI is InChI=1S/C24H28FN5O3/c1-14-26-22-28(13-20(21(31)30(22)27-14)15-5-7-18(25)8-6-15)11-16-9-19-10-17(16)12-29(19)23(32)33-24(2,3)4/h5-8,13,16-17,19H,9-12H2,1-4H3/t16-,17-,19+/m1/s1. The maximum atomic E-state index is 13.4. The molecule has 0 N–H and O–H groups in total. The highest BCUT2D eigenvalue weighted by Crippen LogP contribution is 2.43. The van der Waals surface area contributed by atoms with Gasteiger partial charge in [0.1, 0.15) is 17.2 Å². The molecular formula is C24H28FN5O3. The minimum atomic E-state index is -0.512. The monoisotopic (exact) mass is 453 g/mol. The molecule has 3 aromatic rings. The van der Waals surface area contributed by atoms with Gasteiger partial charge in [0.2, 0.25) is 5.78 Å². The Morgan fingerprint density at radius 2 is 1.94 bits per heavy atom. The summed E-state index contributed by atoms with van der Waals surface area (Å²) in [6, 6.07) is 6.06. The summed E-state index contributed by atoms with van der Waals surface area (Å²) in [5.74, 6) is 1.36. The number of halogens is 1. The molecule has 5 rings (SSSR count). The summed E-state index contributed by atoms with van der Waals surface area (Å²) in [7, 11) is 0. The van der Waals surface area contributed by atoms with Crippen LogP contribution in [-0.2, 0) is 11.3 Å². The summed E-state index contributed by atoms with van der Waals surface area (Å²) in [5.41, 5.74) is 0.292. The van der Waals surface area contributed by atoms with Gasteiger partial charge >= 0.3 is 6.09 Å². The van der Waals surface area contributed by atoms with Crippen LogP contribution in [0.5, 0.6) is 0 Å². The number of piperidine rings is 1. The third-order valence-corrected chi connectivity index (χ3v) is 6.56. The maximum absolute atomic E-state index is 13.4. The number of benzene rings is 1. The number of aryl methyl sites for hydroxylation is 1. The van der Waals surface area contributed by atoms with Gasteiger partial charge in [0.05, 0.1) is 5.56 Å². The molecule has 8 nitrogen and oxygen atoms in total. The lowest BCUT2D eigenvalue weighted by Crippen LogP contribution is -2.43. The first-order valence-corrected chi connectivity index (χ1v) is 11.3. The van der Waals surface area contributed by atoms with E-state index in [9.17, 15) is 14.0 Å². The van der Waals surface area contributed by atoms with Crippen molar-refractivity contribution in [3.05, 3.63) is 52.5 Å². The van der Waals surface area contributed by atoms with Gasteiger partial charge in [-0.25, -0.2) is 9.18 Å². The molecule has 174 valence electrons. The second kappa shape index (κ2) is 7.67. The van der Waals surface area contributed by atoms with Crippen molar-refractivity contribution >= 4 is 11.9 Å². The van der Waals surface area contributed by atoms with Crippen molar-refractivity contribution in [2.24, 2.45) is 11.8 Å². The Morgan fingerprint density at radius 3 is 2.58 bits per heavy atom. The van der Waals surface area contributed by atoms with E-state index in [0.717, 1.165) is 12.8 Å². The van der Waals surface area contributed by atoms with E-state index in [1.54, 1.807) is 25.3 Å². The van der Waals surface area contributed by atoms with E-state index in [1.165, 1.54) is 16.6 Å². The van der Waals surface area contributed by atoms with E-state index in [4.69, 9.17) is 4.74 Å². The summed E-state index contributed by atoms with van der Waals surface area (Å²) in [4.78, 5) is 32.0. The molecule has 1 aliphatic carbocycles. The highest BCUT2D eigenvalue weighted by atomic mass is 19.1. The third kappa shape index (κ3) is 4.00. The molecule has 2 aromatic heterocycles. The van der Waals surface area contributed by atoms with Crippen molar-refractivity contribution < 1.29 is 13.9 Å². The molecule has 0 radical (unpaired) electrons.